The average Bonchev–Trinajstić information content (AvgIpc) is 2.08. The first-order chi connectivity index (χ1) is 6.15. The van der Waals surface area contributed by atoms with E-state index >= 15 is 0 Å². The van der Waals surface area contributed by atoms with Gasteiger partial charge in [-0.05, 0) is 28.9 Å². The minimum absolute atomic E-state index is 0.614. The molecule has 72 valence electrons. The number of hydrogen-bond acceptors (Lipinski definition) is 4. The van der Waals surface area contributed by atoms with E-state index in [1.165, 1.54) is 0 Å². The zero-order chi connectivity index (χ0) is 9.84. The van der Waals surface area contributed by atoms with Crippen LogP contribution in [0.15, 0.2) is 10.8 Å². The molecule has 0 amide bonds. The summed E-state index contributed by atoms with van der Waals surface area (Å²) in [7, 11) is 3.81. The molecule has 2 N–H and O–H groups in total. The highest BCUT2D eigenvalue weighted by Crippen LogP contribution is 2.15. The third kappa shape index (κ3) is 2.63. The van der Waals surface area contributed by atoms with E-state index in [4.69, 9.17) is 5.73 Å². The fourth-order valence-electron chi connectivity index (χ4n) is 0.916. The first-order valence-electron chi connectivity index (χ1n) is 4.04. The lowest BCUT2D eigenvalue weighted by atomic mass is 10.2. The maximum atomic E-state index is 5.44. The van der Waals surface area contributed by atoms with Crippen molar-refractivity contribution in [3.63, 3.8) is 0 Å². The lowest BCUT2D eigenvalue weighted by Crippen LogP contribution is -2.14. The number of nitrogens with zero attached hydrogens (tertiary/aromatic N) is 3. The molecule has 0 saturated carbocycles. The molecule has 1 aromatic heterocycles. The number of halogens is 1. The molecule has 5 heteroatoms. The van der Waals surface area contributed by atoms with Gasteiger partial charge in [0.1, 0.15) is 4.60 Å². The van der Waals surface area contributed by atoms with E-state index in [2.05, 4.69) is 25.9 Å². The van der Waals surface area contributed by atoms with Crippen molar-refractivity contribution in [2.75, 3.05) is 25.5 Å². The van der Waals surface area contributed by atoms with Gasteiger partial charge in [-0.2, -0.15) is 0 Å². The summed E-state index contributed by atoms with van der Waals surface area (Å²) in [4.78, 5) is 10.3. The zero-order valence-corrected chi connectivity index (χ0v) is 9.37. The number of aromatic nitrogens is 2. The summed E-state index contributed by atoms with van der Waals surface area (Å²) < 4.78 is 0.830. The summed E-state index contributed by atoms with van der Waals surface area (Å²) in [6.45, 7) is 0.614. The predicted octanol–water partition coefficient (Wildman–Crippen LogP) is 0.806. The van der Waals surface area contributed by atoms with Crippen LogP contribution in [0.1, 0.15) is 5.56 Å². The van der Waals surface area contributed by atoms with Gasteiger partial charge in [0.25, 0.3) is 0 Å². The van der Waals surface area contributed by atoms with Gasteiger partial charge >= 0.3 is 0 Å². The normalized spacial score (nSPS) is 10.2. The van der Waals surface area contributed by atoms with Gasteiger partial charge in [-0.1, -0.05) is 0 Å². The van der Waals surface area contributed by atoms with Gasteiger partial charge in [0, 0.05) is 25.9 Å². The van der Waals surface area contributed by atoms with Crippen LogP contribution in [0.2, 0.25) is 0 Å². The van der Waals surface area contributed by atoms with Gasteiger partial charge in [-0.25, -0.2) is 9.97 Å². The van der Waals surface area contributed by atoms with E-state index in [9.17, 15) is 0 Å². The Hall–Kier alpha value is -0.680. The van der Waals surface area contributed by atoms with Crippen LogP contribution >= 0.6 is 15.9 Å². The second-order valence-corrected chi connectivity index (χ2v) is 3.67. The van der Waals surface area contributed by atoms with E-state index < -0.39 is 0 Å². The molecule has 1 rings (SSSR count). The third-order valence-corrected chi connectivity index (χ3v) is 2.30. The number of anilines is 1. The second-order valence-electron chi connectivity index (χ2n) is 2.92. The van der Waals surface area contributed by atoms with Crippen molar-refractivity contribution in [1.29, 1.82) is 0 Å². The lowest BCUT2D eigenvalue weighted by Gasteiger charge is -2.10. The van der Waals surface area contributed by atoms with Gasteiger partial charge in [0.2, 0.25) is 5.95 Å². The smallest absolute Gasteiger partial charge is 0.225 e. The number of nitrogens with two attached hydrogens (primary N) is 1. The highest BCUT2D eigenvalue weighted by Gasteiger charge is 2.04. The van der Waals surface area contributed by atoms with Crippen molar-refractivity contribution in [2.45, 2.75) is 6.42 Å². The Morgan fingerprint density at radius 2 is 2.23 bits per heavy atom. The molecule has 0 aliphatic rings. The van der Waals surface area contributed by atoms with Gasteiger partial charge < -0.3 is 10.6 Å². The molecule has 0 saturated heterocycles. The Balaban J connectivity index is 2.92. The maximum Gasteiger partial charge on any atom is 0.225 e. The molecule has 1 aromatic rings. The Morgan fingerprint density at radius 3 is 2.69 bits per heavy atom. The van der Waals surface area contributed by atoms with Crippen LogP contribution in [0.5, 0.6) is 0 Å². The largest absolute Gasteiger partial charge is 0.347 e. The van der Waals surface area contributed by atoms with Crippen molar-refractivity contribution in [3.05, 3.63) is 16.4 Å². The summed E-state index contributed by atoms with van der Waals surface area (Å²) in [5.74, 6) is 0.702. The van der Waals surface area contributed by atoms with Crippen molar-refractivity contribution < 1.29 is 0 Å². The summed E-state index contributed by atoms with van der Waals surface area (Å²) in [6.07, 6.45) is 2.60. The highest BCUT2D eigenvalue weighted by atomic mass is 79.9. The van der Waals surface area contributed by atoms with Crippen LogP contribution < -0.4 is 10.6 Å². The van der Waals surface area contributed by atoms with E-state index in [1.807, 2.05) is 19.0 Å². The van der Waals surface area contributed by atoms with Gasteiger partial charge in [-0.15, -0.1) is 0 Å². The summed E-state index contributed by atoms with van der Waals surface area (Å²) in [6, 6.07) is 0. The van der Waals surface area contributed by atoms with E-state index in [0.29, 0.717) is 12.5 Å². The molecule has 0 radical (unpaired) electrons. The Labute approximate surface area is 86.3 Å². The quantitative estimate of drug-likeness (QED) is 0.800. The predicted molar refractivity (Wildman–Crippen MR) is 56.8 cm³/mol. The Kier molecular flexibility index (Phi) is 3.62. The lowest BCUT2D eigenvalue weighted by molar-refractivity contribution is 0.909. The number of hydrogen-bond donors (Lipinski definition) is 1. The molecule has 0 unspecified atom stereocenters. The van der Waals surface area contributed by atoms with Crippen LogP contribution in [0.4, 0.5) is 5.95 Å². The fourth-order valence-corrected chi connectivity index (χ4v) is 1.38. The zero-order valence-electron chi connectivity index (χ0n) is 7.79. The van der Waals surface area contributed by atoms with Gasteiger partial charge in [0.15, 0.2) is 0 Å². The van der Waals surface area contributed by atoms with Crippen molar-refractivity contribution in [2.24, 2.45) is 5.73 Å². The topological polar surface area (TPSA) is 55.0 Å². The average molecular weight is 245 g/mol. The molecular formula is C8H13BrN4. The first kappa shape index (κ1) is 10.4. The SMILES string of the molecule is CN(C)c1ncc(CCN)c(Br)n1. The van der Waals surface area contributed by atoms with E-state index in [1.54, 1.807) is 6.20 Å². The fraction of sp³-hybridized carbons (Fsp3) is 0.500. The van der Waals surface area contributed by atoms with Crippen LogP contribution in [0, 0.1) is 0 Å². The van der Waals surface area contributed by atoms with Crippen LogP contribution in [-0.4, -0.2) is 30.6 Å². The molecule has 0 spiro atoms. The van der Waals surface area contributed by atoms with Crippen LogP contribution in [0.3, 0.4) is 0 Å². The maximum absolute atomic E-state index is 5.44. The van der Waals surface area contributed by atoms with Gasteiger partial charge in [-0.3, -0.25) is 0 Å². The molecule has 0 bridgehead atoms. The minimum Gasteiger partial charge on any atom is -0.347 e. The molecule has 1 heterocycles. The first-order valence-corrected chi connectivity index (χ1v) is 4.83. The van der Waals surface area contributed by atoms with E-state index in [-0.39, 0.29) is 0 Å². The highest BCUT2D eigenvalue weighted by molar-refractivity contribution is 9.10. The van der Waals surface area contributed by atoms with Crippen molar-refractivity contribution in [1.82, 2.24) is 9.97 Å². The molecule has 0 aromatic carbocycles. The molecule has 0 aliphatic heterocycles. The molecule has 13 heavy (non-hydrogen) atoms. The molecule has 4 nitrogen and oxygen atoms in total. The van der Waals surface area contributed by atoms with Gasteiger partial charge in [0.05, 0.1) is 0 Å². The van der Waals surface area contributed by atoms with Crippen LogP contribution in [-0.2, 0) is 6.42 Å². The van der Waals surface area contributed by atoms with E-state index in [0.717, 1.165) is 16.6 Å². The Bertz CT molecular complexity index is 287. The Morgan fingerprint density at radius 1 is 1.54 bits per heavy atom. The minimum atomic E-state index is 0.614. The number of rotatable bonds is 3. The van der Waals surface area contributed by atoms with Crippen LogP contribution in [0.25, 0.3) is 0 Å². The summed E-state index contributed by atoms with van der Waals surface area (Å²) in [5.41, 5.74) is 6.49. The standard InChI is InChI=1S/C8H13BrN4/c1-13(2)8-11-5-6(3-4-10)7(9)12-8/h5H,3-4,10H2,1-2H3. The summed E-state index contributed by atoms with van der Waals surface area (Å²) >= 11 is 3.38. The summed E-state index contributed by atoms with van der Waals surface area (Å²) in [5, 5.41) is 0. The van der Waals surface area contributed by atoms with Crippen molar-refractivity contribution in [3.8, 4) is 0 Å². The molecule has 0 fully saturated rings. The molecule has 0 aliphatic carbocycles. The molecule has 0 atom stereocenters. The third-order valence-electron chi connectivity index (χ3n) is 1.61. The van der Waals surface area contributed by atoms with Crippen molar-refractivity contribution >= 4 is 21.9 Å². The second kappa shape index (κ2) is 4.53. The monoisotopic (exact) mass is 244 g/mol. The molecular weight excluding hydrogens is 232 g/mol.